The number of halogens is 3. The number of carboxylic acid groups (broad SMARTS) is 1. The van der Waals surface area contributed by atoms with Gasteiger partial charge in [-0.15, -0.1) is 11.3 Å². The van der Waals surface area contributed by atoms with Gasteiger partial charge in [-0.3, -0.25) is 9.59 Å². The second kappa shape index (κ2) is 6.52. The Bertz CT molecular complexity index is 1380. The maximum Gasteiger partial charge on any atom is 0.420 e. The first-order valence-corrected chi connectivity index (χ1v) is 9.27. The molecule has 0 aliphatic carbocycles. The zero-order valence-corrected chi connectivity index (χ0v) is 15.9. The summed E-state index contributed by atoms with van der Waals surface area (Å²) >= 11 is 0.822. The van der Waals surface area contributed by atoms with Crippen LogP contribution in [-0.2, 0) is 16.4 Å². The zero-order valence-electron chi connectivity index (χ0n) is 15.1. The summed E-state index contributed by atoms with van der Waals surface area (Å²) in [5.74, 6) is -2.33. The first-order chi connectivity index (χ1) is 14.0. The smallest absolute Gasteiger partial charge is 0.420 e. The van der Waals surface area contributed by atoms with Gasteiger partial charge in [0, 0.05) is 5.39 Å². The number of aromatic amines is 1. The Morgan fingerprint density at radius 1 is 1.17 bits per heavy atom. The highest BCUT2D eigenvalue weighted by molar-refractivity contribution is 7.18. The van der Waals surface area contributed by atoms with E-state index in [-0.39, 0.29) is 31.7 Å². The van der Waals surface area contributed by atoms with E-state index in [9.17, 15) is 33.0 Å². The lowest BCUT2D eigenvalue weighted by molar-refractivity contribution is -0.141. The summed E-state index contributed by atoms with van der Waals surface area (Å²) in [7, 11) is 0. The van der Waals surface area contributed by atoms with Crippen molar-refractivity contribution in [2.24, 2.45) is 0 Å². The quantitative estimate of drug-likeness (QED) is 0.452. The number of rotatable bonds is 3. The molecule has 4 rings (SSSR count). The van der Waals surface area contributed by atoms with Gasteiger partial charge in [0.15, 0.2) is 5.41 Å². The van der Waals surface area contributed by atoms with Gasteiger partial charge in [-0.25, -0.2) is 10.1 Å². The summed E-state index contributed by atoms with van der Waals surface area (Å²) < 4.78 is 39.5. The van der Waals surface area contributed by atoms with Crippen LogP contribution in [0.4, 0.5) is 13.2 Å². The standard InChI is InChI=1S/C19H12F3N3O4S/c1-18(17(28)29,14-8-4-2-3-5-9(8)15(27)25-24-14)16-23-11-6-10(19(20,21)22)12(26)7-13(11)30-16/h2-7,26H,1H3,(H,25,27)(H,28,29). The van der Waals surface area contributed by atoms with Crippen molar-refractivity contribution in [3.63, 3.8) is 0 Å². The van der Waals surface area contributed by atoms with Crippen LogP contribution in [0.25, 0.3) is 21.0 Å². The Morgan fingerprint density at radius 2 is 1.83 bits per heavy atom. The Kier molecular flexibility index (Phi) is 4.31. The lowest BCUT2D eigenvalue weighted by Gasteiger charge is -2.22. The van der Waals surface area contributed by atoms with Crippen LogP contribution in [0.15, 0.2) is 41.2 Å². The normalized spacial score (nSPS) is 14.1. The first-order valence-electron chi connectivity index (χ1n) is 8.46. The third-order valence-corrected chi connectivity index (χ3v) is 6.08. The minimum Gasteiger partial charge on any atom is -0.507 e. The minimum atomic E-state index is -4.80. The van der Waals surface area contributed by atoms with Crippen molar-refractivity contribution in [1.82, 2.24) is 15.2 Å². The van der Waals surface area contributed by atoms with Gasteiger partial charge in [0.25, 0.3) is 5.56 Å². The maximum atomic E-state index is 13.1. The van der Waals surface area contributed by atoms with E-state index in [1.54, 1.807) is 12.1 Å². The van der Waals surface area contributed by atoms with E-state index >= 15 is 0 Å². The number of nitrogens with zero attached hydrogens (tertiary/aromatic N) is 2. The van der Waals surface area contributed by atoms with Crippen LogP contribution in [0.2, 0.25) is 0 Å². The molecule has 0 spiro atoms. The molecule has 11 heteroatoms. The number of phenolic OH excluding ortho intramolecular Hbond substituents is 1. The Hall–Kier alpha value is -3.47. The van der Waals surface area contributed by atoms with Gasteiger partial charge in [0.2, 0.25) is 0 Å². The fraction of sp³-hybridized carbons (Fsp3) is 0.158. The van der Waals surface area contributed by atoms with E-state index in [0.29, 0.717) is 6.07 Å². The number of H-pyrrole nitrogens is 1. The van der Waals surface area contributed by atoms with Gasteiger partial charge < -0.3 is 10.2 Å². The SMILES string of the molecule is CC(C(=O)O)(c1nc2cc(C(F)(F)F)c(O)cc2s1)c1n[nH]c(=O)c2ccccc12. The van der Waals surface area contributed by atoms with Crippen LogP contribution in [-0.4, -0.2) is 31.4 Å². The fourth-order valence-electron chi connectivity index (χ4n) is 3.19. The summed E-state index contributed by atoms with van der Waals surface area (Å²) in [5.41, 5.74) is -3.77. The molecular weight excluding hydrogens is 423 g/mol. The molecule has 3 N–H and O–H groups in total. The zero-order chi connectivity index (χ0) is 21.8. The Labute approximate surface area is 169 Å². The molecule has 1 unspecified atom stereocenters. The maximum absolute atomic E-state index is 13.1. The highest BCUT2D eigenvalue weighted by Gasteiger charge is 2.44. The van der Waals surface area contributed by atoms with Crippen LogP contribution in [0.5, 0.6) is 5.75 Å². The molecule has 0 amide bonds. The van der Waals surface area contributed by atoms with Crippen LogP contribution in [0.3, 0.4) is 0 Å². The van der Waals surface area contributed by atoms with Crippen molar-refractivity contribution in [2.75, 3.05) is 0 Å². The highest BCUT2D eigenvalue weighted by Crippen LogP contribution is 2.43. The van der Waals surface area contributed by atoms with Crippen molar-refractivity contribution in [1.29, 1.82) is 0 Å². The molecule has 1 atom stereocenters. The molecule has 154 valence electrons. The molecule has 7 nitrogen and oxygen atoms in total. The lowest BCUT2D eigenvalue weighted by Crippen LogP contribution is -2.36. The summed E-state index contributed by atoms with van der Waals surface area (Å²) in [4.78, 5) is 28.5. The number of nitrogens with one attached hydrogen (secondary N) is 1. The third kappa shape index (κ3) is 2.89. The number of aromatic nitrogens is 3. The van der Waals surface area contributed by atoms with E-state index in [2.05, 4.69) is 15.2 Å². The number of aliphatic carboxylic acids is 1. The largest absolute Gasteiger partial charge is 0.507 e. The van der Waals surface area contributed by atoms with E-state index in [4.69, 9.17) is 0 Å². The van der Waals surface area contributed by atoms with Crippen molar-refractivity contribution in [3.8, 4) is 5.75 Å². The fourth-order valence-corrected chi connectivity index (χ4v) is 4.31. The van der Waals surface area contributed by atoms with Crippen molar-refractivity contribution in [2.45, 2.75) is 18.5 Å². The van der Waals surface area contributed by atoms with Crippen LogP contribution in [0.1, 0.15) is 23.2 Å². The molecule has 2 aromatic heterocycles. The number of phenols is 1. The number of hydrogen-bond acceptors (Lipinski definition) is 6. The summed E-state index contributed by atoms with van der Waals surface area (Å²) in [6, 6.07) is 7.84. The third-order valence-electron chi connectivity index (χ3n) is 4.84. The van der Waals surface area contributed by atoms with Gasteiger partial charge in [-0.05, 0) is 25.1 Å². The van der Waals surface area contributed by atoms with Crippen molar-refractivity contribution >= 4 is 38.3 Å². The second-order valence-corrected chi connectivity index (χ2v) is 7.76. The predicted octanol–water partition coefficient (Wildman–Crippen LogP) is 3.65. The van der Waals surface area contributed by atoms with Gasteiger partial charge >= 0.3 is 12.1 Å². The predicted molar refractivity (Wildman–Crippen MR) is 103 cm³/mol. The van der Waals surface area contributed by atoms with E-state index in [1.807, 2.05) is 0 Å². The van der Waals surface area contributed by atoms with E-state index < -0.39 is 34.4 Å². The Morgan fingerprint density at radius 3 is 2.47 bits per heavy atom. The number of aromatic hydroxyl groups is 1. The number of carbonyl (C=O) groups is 1. The number of benzene rings is 2. The average molecular weight is 435 g/mol. The molecule has 2 heterocycles. The average Bonchev–Trinajstić information content (AvgIpc) is 3.09. The molecule has 0 bridgehead atoms. The Balaban J connectivity index is 2.01. The molecule has 0 saturated heterocycles. The van der Waals surface area contributed by atoms with Gasteiger partial charge in [-0.1, -0.05) is 18.2 Å². The van der Waals surface area contributed by atoms with Crippen LogP contribution >= 0.6 is 11.3 Å². The number of hydrogen-bond donors (Lipinski definition) is 3. The van der Waals surface area contributed by atoms with Crippen LogP contribution < -0.4 is 5.56 Å². The number of thiazole rings is 1. The highest BCUT2D eigenvalue weighted by atomic mass is 32.1. The van der Waals surface area contributed by atoms with Crippen LogP contribution in [0, 0.1) is 0 Å². The molecule has 2 aromatic carbocycles. The van der Waals surface area contributed by atoms with E-state index in [1.165, 1.54) is 19.1 Å². The molecule has 0 saturated carbocycles. The molecule has 30 heavy (non-hydrogen) atoms. The molecule has 0 aliphatic rings. The molecule has 4 aromatic rings. The molecule has 0 radical (unpaired) electrons. The second-order valence-electron chi connectivity index (χ2n) is 6.73. The van der Waals surface area contributed by atoms with Gasteiger partial charge in [0.05, 0.1) is 26.9 Å². The van der Waals surface area contributed by atoms with Crippen molar-refractivity contribution in [3.05, 3.63) is 63.0 Å². The molecule has 0 aliphatic heterocycles. The number of carboxylic acids is 1. The lowest BCUT2D eigenvalue weighted by atomic mass is 9.84. The van der Waals surface area contributed by atoms with Crippen molar-refractivity contribution < 1.29 is 28.2 Å². The number of alkyl halides is 3. The summed E-state index contributed by atoms with van der Waals surface area (Å²) in [6.07, 6.45) is -4.80. The number of fused-ring (bicyclic) bond motifs is 2. The monoisotopic (exact) mass is 435 g/mol. The summed E-state index contributed by atoms with van der Waals surface area (Å²) in [6.45, 7) is 1.31. The van der Waals surface area contributed by atoms with E-state index in [0.717, 1.165) is 17.4 Å². The van der Waals surface area contributed by atoms with Gasteiger partial charge in [0.1, 0.15) is 10.8 Å². The summed E-state index contributed by atoms with van der Waals surface area (Å²) in [5, 5.41) is 26.4. The van der Waals surface area contributed by atoms with Gasteiger partial charge in [-0.2, -0.15) is 18.3 Å². The molecule has 0 fully saturated rings. The molecular formula is C19H12F3N3O4S. The first kappa shape index (κ1) is 19.8. The topological polar surface area (TPSA) is 116 Å². The minimum absolute atomic E-state index is 0.00970.